The van der Waals surface area contributed by atoms with E-state index in [4.69, 9.17) is 17.4 Å². The Hall–Kier alpha value is -0.620. The molecular formula is C15H28ClN5. The van der Waals surface area contributed by atoms with E-state index in [-0.39, 0.29) is 11.5 Å². The van der Waals surface area contributed by atoms with Gasteiger partial charge in [0, 0.05) is 6.54 Å². The second kappa shape index (κ2) is 7.09. The molecule has 0 saturated heterocycles. The molecule has 21 heavy (non-hydrogen) atoms. The zero-order valence-corrected chi connectivity index (χ0v) is 14.2. The van der Waals surface area contributed by atoms with Crippen LogP contribution in [-0.2, 0) is 6.54 Å². The summed E-state index contributed by atoms with van der Waals surface area (Å²) in [5.41, 5.74) is 4.30. The van der Waals surface area contributed by atoms with Gasteiger partial charge in [-0.3, -0.25) is 16.0 Å². The Bertz CT molecular complexity index is 451. The van der Waals surface area contributed by atoms with Crippen LogP contribution in [0.3, 0.4) is 0 Å². The maximum absolute atomic E-state index is 6.44. The number of halogens is 1. The first-order valence-electron chi connectivity index (χ1n) is 7.86. The first kappa shape index (κ1) is 16.7. The Morgan fingerprint density at radius 1 is 1.48 bits per heavy atom. The van der Waals surface area contributed by atoms with Crippen LogP contribution >= 0.6 is 11.6 Å². The number of nitrogens with two attached hydrogens (primary N) is 1. The van der Waals surface area contributed by atoms with Gasteiger partial charge in [0.1, 0.15) is 0 Å². The summed E-state index contributed by atoms with van der Waals surface area (Å²) in [6.07, 6.45) is 7.80. The van der Waals surface area contributed by atoms with Gasteiger partial charge in [0.05, 0.1) is 29.5 Å². The maximum atomic E-state index is 6.44. The molecule has 1 aromatic heterocycles. The fourth-order valence-corrected chi connectivity index (χ4v) is 3.85. The van der Waals surface area contributed by atoms with E-state index < -0.39 is 0 Å². The zero-order chi connectivity index (χ0) is 15.5. The molecule has 0 bridgehead atoms. The predicted molar refractivity (Wildman–Crippen MR) is 87.0 cm³/mol. The lowest BCUT2D eigenvalue weighted by Gasteiger charge is -2.37. The highest BCUT2D eigenvalue weighted by Crippen LogP contribution is 2.50. The van der Waals surface area contributed by atoms with Crippen LogP contribution in [0.25, 0.3) is 0 Å². The number of nitrogens with one attached hydrogen (secondary N) is 1. The SMILES string of the molecule is CCC1(C(NN)c2c(Cl)cnn2CCN(C)C)CCCC1. The molecule has 1 unspecified atom stereocenters. The standard InChI is InChI=1S/C15H28ClN5/c1-4-15(7-5-6-8-15)14(19-17)13-12(16)11-18-21(13)10-9-20(2)3/h11,14,19H,4-10,17H2,1-3H3. The van der Waals surface area contributed by atoms with Crippen molar-refractivity contribution in [2.24, 2.45) is 11.3 Å². The Kier molecular flexibility index (Phi) is 5.66. The van der Waals surface area contributed by atoms with Crippen LogP contribution in [0.15, 0.2) is 6.20 Å². The molecule has 0 radical (unpaired) electrons. The molecule has 1 aliphatic rings. The third kappa shape index (κ3) is 3.42. The monoisotopic (exact) mass is 313 g/mol. The summed E-state index contributed by atoms with van der Waals surface area (Å²) >= 11 is 6.44. The van der Waals surface area contributed by atoms with E-state index >= 15 is 0 Å². The average Bonchev–Trinajstić information content (AvgIpc) is 3.07. The highest BCUT2D eigenvalue weighted by Gasteiger charge is 2.42. The molecular weight excluding hydrogens is 286 g/mol. The number of aromatic nitrogens is 2. The van der Waals surface area contributed by atoms with Crippen molar-refractivity contribution in [2.75, 3.05) is 20.6 Å². The molecule has 0 aliphatic heterocycles. The Labute approximate surface area is 132 Å². The van der Waals surface area contributed by atoms with Gasteiger partial charge >= 0.3 is 0 Å². The van der Waals surface area contributed by atoms with Crippen molar-refractivity contribution >= 4 is 11.6 Å². The summed E-state index contributed by atoms with van der Waals surface area (Å²) in [4.78, 5) is 2.15. The van der Waals surface area contributed by atoms with E-state index in [0.29, 0.717) is 0 Å². The molecule has 1 aliphatic carbocycles. The summed E-state index contributed by atoms with van der Waals surface area (Å²) in [6.45, 7) is 4.01. The van der Waals surface area contributed by atoms with E-state index in [1.54, 1.807) is 6.20 Å². The van der Waals surface area contributed by atoms with Gasteiger partial charge in [0.25, 0.3) is 0 Å². The molecule has 1 heterocycles. The molecule has 6 heteroatoms. The van der Waals surface area contributed by atoms with E-state index in [1.807, 2.05) is 4.68 Å². The number of nitrogens with zero attached hydrogens (tertiary/aromatic N) is 3. The lowest BCUT2D eigenvalue weighted by Crippen LogP contribution is -2.41. The topological polar surface area (TPSA) is 59.1 Å². The Balaban J connectivity index is 2.31. The first-order chi connectivity index (χ1) is 10.0. The summed E-state index contributed by atoms with van der Waals surface area (Å²) in [7, 11) is 4.13. The average molecular weight is 314 g/mol. The van der Waals surface area contributed by atoms with Gasteiger partial charge in [-0.2, -0.15) is 5.10 Å². The van der Waals surface area contributed by atoms with E-state index in [0.717, 1.165) is 30.2 Å². The van der Waals surface area contributed by atoms with Gasteiger partial charge in [-0.05, 0) is 38.8 Å². The van der Waals surface area contributed by atoms with Crippen molar-refractivity contribution in [2.45, 2.75) is 51.6 Å². The molecule has 1 aromatic rings. The van der Waals surface area contributed by atoms with Gasteiger partial charge in [-0.15, -0.1) is 0 Å². The van der Waals surface area contributed by atoms with Gasteiger partial charge < -0.3 is 4.90 Å². The summed E-state index contributed by atoms with van der Waals surface area (Å²) in [5.74, 6) is 5.94. The summed E-state index contributed by atoms with van der Waals surface area (Å²) in [6, 6.07) is 0.0714. The molecule has 120 valence electrons. The fourth-order valence-electron chi connectivity index (χ4n) is 3.60. The maximum Gasteiger partial charge on any atom is 0.0834 e. The van der Waals surface area contributed by atoms with Gasteiger partial charge in [-0.1, -0.05) is 31.4 Å². The van der Waals surface area contributed by atoms with E-state index in [9.17, 15) is 0 Å². The Morgan fingerprint density at radius 3 is 2.67 bits per heavy atom. The highest BCUT2D eigenvalue weighted by molar-refractivity contribution is 6.31. The van der Waals surface area contributed by atoms with E-state index in [2.05, 4.69) is 36.4 Å². The van der Waals surface area contributed by atoms with Crippen LogP contribution in [0.4, 0.5) is 0 Å². The van der Waals surface area contributed by atoms with Crippen LogP contribution in [0.5, 0.6) is 0 Å². The van der Waals surface area contributed by atoms with Crippen molar-refractivity contribution < 1.29 is 0 Å². The smallest absolute Gasteiger partial charge is 0.0834 e. The molecule has 3 N–H and O–H groups in total. The number of rotatable bonds is 7. The quantitative estimate of drug-likeness (QED) is 0.600. The molecule has 2 rings (SSSR count). The number of hydrogen-bond acceptors (Lipinski definition) is 4. The third-order valence-electron chi connectivity index (χ3n) is 4.95. The third-order valence-corrected chi connectivity index (χ3v) is 5.24. The van der Waals surface area contributed by atoms with Crippen molar-refractivity contribution in [3.63, 3.8) is 0 Å². The number of hydrogen-bond donors (Lipinski definition) is 2. The Morgan fingerprint density at radius 2 is 2.14 bits per heavy atom. The van der Waals surface area contributed by atoms with Gasteiger partial charge in [-0.25, -0.2) is 0 Å². The molecule has 0 aromatic carbocycles. The van der Waals surface area contributed by atoms with Crippen molar-refractivity contribution in [1.82, 2.24) is 20.1 Å². The fraction of sp³-hybridized carbons (Fsp3) is 0.800. The molecule has 1 atom stereocenters. The summed E-state index contributed by atoms with van der Waals surface area (Å²) < 4.78 is 2.02. The van der Waals surface area contributed by atoms with Crippen molar-refractivity contribution in [1.29, 1.82) is 0 Å². The van der Waals surface area contributed by atoms with Crippen LogP contribution < -0.4 is 11.3 Å². The number of hydrazine groups is 1. The second-order valence-corrected chi connectivity index (χ2v) is 6.83. The molecule has 1 saturated carbocycles. The second-order valence-electron chi connectivity index (χ2n) is 6.43. The van der Waals surface area contributed by atoms with Gasteiger partial charge in [0.15, 0.2) is 0 Å². The van der Waals surface area contributed by atoms with Gasteiger partial charge in [0.2, 0.25) is 0 Å². The van der Waals surface area contributed by atoms with Crippen molar-refractivity contribution in [3.8, 4) is 0 Å². The molecule has 5 nitrogen and oxygen atoms in total. The van der Waals surface area contributed by atoms with Crippen LogP contribution in [0.1, 0.15) is 50.8 Å². The normalized spacial score (nSPS) is 19.3. The lowest BCUT2D eigenvalue weighted by molar-refractivity contribution is 0.178. The van der Waals surface area contributed by atoms with Crippen LogP contribution in [-0.4, -0.2) is 35.3 Å². The largest absolute Gasteiger partial charge is 0.308 e. The molecule has 1 fully saturated rings. The molecule has 0 amide bonds. The predicted octanol–water partition coefficient (Wildman–Crippen LogP) is 2.57. The lowest BCUT2D eigenvalue weighted by atomic mass is 9.75. The zero-order valence-electron chi connectivity index (χ0n) is 13.4. The molecule has 0 spiro atoms. The number of likely N-dealkylation sites (N-methyl/N-ethyl adjacent to an activating group) is 1. The van der Waals surface area contributed by atoms with Crippen molar-refractivity contribution in [3.05, 3.63) is 16.9 Å². The minimum Gasteiger partial charge on any atom is -0.308 e. The van der Waals surface area contributed by atoms with Crippen LogP contribution in [0, 0.1) is 5.41 Å². The minimum absolute atomic E-state index is 0.0714. The van der Waals surface area contributed by atoms with E-state index in [1.165, 1.54) is 25.7 Å². The minimum atomic E-state index is 0.0714. The van der Waals surface area contributed by atoms with Crippen LogP contribution in [0.2, 0.25) is 5.02 Å². The highest BCUT2D eigenvalue weighted by atomic mass is 35.5. The first-order valence-corrected chi connectivity index (χ1v) is 8.24. The summed E-state index contributed by atoms with van der Waals surface area (Å²) in [5, 5.41) is 5.17.